The zero-order chi connectivity index (χ0) is 10.3. The monoisotopic (exact) mass is 193 g/mol. The minimum atomic E-state index is -0.0908. The van der Waals surface area contributed by atoms with Crippen molar-refractivity contribution in [2.24, 2.45) is 0 Å². The Morgan fingerprint density at radius 1 is 1.43 bits per heavy atom. The maximum Gasteiger partial charge on any atom is 0.129 e. The predicted octanol–water partition coefficient (Wildman–Crippen LogP) is 3.31. The fourth-order valence-electron chi connectivity index (χ4n) is 2.52. The second-order valence-corrected chi connectivity index (χ2v) is 4.80. The Hall–Kier alpha value is -1.05. The fourth-order valence-corrected chi connectivity index (χ4v) is 2.52. The molecule has 1 nitrogen and oxygen atoms in total. The van der Waals surface area contributed by atoms with Gasteiger partial charge in [-0.05, 0) is 30.9 Å². The van der Waals surface area contributed by atoms with Gasteiger partial charge in [0, 0.05) is 17.3 Å². The molecule has 1 atom stereocenters. The largest absolute Gasteiger partial charge is 0.382 e. The molecule has 0 bridgehead atoms. The van der Waals surface area contributed by atoms with Gasteiger partial charge in [0.1, 0.15) is 5.82 Å². The zero-order valence-corrected chi connectivity index (χ0v) is 8.89. The van der Waals surface area contributed by atoms with E-state index in [0.717, 1.165) is 17.7 Å². The molecule has 1 unspecified atom stereocenters. The molecular formula is C12H16FN. The van der Waals surface area contributed by atoms with Gasteiger partial charge in [-0.15, -0.1) is 0 Å². The molecule has 2 heteroatoms. The second-order valence-electron chi connectivity index (χ2n) is 4.80. The molecule has 1 aromatic rings. The summed E-state index contributed by atoms with van der Waals surface area (Å²) >= 11 is 0. The van der Waals surface area contributed by atoms with Crippen molar-refractivity contribution in [3.63, 3.8) is 0 Å². The van der Waals surface area contributed by atoms with Crippen LogP contribution < -0.4 is 5.32 Å². The van der Waals surface area contributed by atoms with Gasteiger partial charge in [0.15, 0.2) is 0 Å². The van der Waals surface area contributed by atoms with E-state index in [0.29, 0.717) is 6.04 Å². The minimum Gasteiger partial charge on any atom is -0.382 e. The third-order valence-electron chi connectivity index (χ3n) is 2.91. The molecule has 14 heavy (non-hydrogen) atoms. The first-order valence-electron chi connectivity index (χ1n) is 5.06. The van der Waals surface area contributed by atoms with Crippen LogP contribution >= 0.6 is 0 Å². The number of rotatable bonds is 0. The van der Waals surface area contributed by atoms with Crippen LogP contribution in [-0.4, -0.2) is 6.04 Å². The fraction of sp³-hybridized carbons (Fsp3) is 0.500. The Labute approximate surface area is 84.3 Å². The molecule has 0 spiro atoms. The van der Waals surface area contributed by atoms with E-state index in [1.165, 1.54) is 6.07 Å². The first-order chi connectivity index (χ1) is 6.50. The van der Waals surface area contributed by atoms with Crippen LogP contribution in [-0.2, 0) is 5.41 Å². The molecule has 2 rings (SSSR count). The maximum atomic E-state index is 13.7. The number of halogens is 1. The van der Waals surface area contributed by atoms with Crippen LogP contribution in [0.3, 0.4) is 0 Å². The summed E-state index contributed by atoms with van der Waals surface area (Å²) in [6, 6.07) is 5.67. The molecule has 1 aliphatic heterocycles. The lowest BCUT2D eigenvalue weighted by Crippen LogP contribution is -2.35. The number of hydrogen-bond acceptors (Lipinski definition) is 1. The minimum absolute atomic E-state index is 0.0641. The molecule has 0 amide bonds. The van der Waals surface area contributed by atoms with E-state index in [1.807, 2.05) is 6.07 Å². The van der Waals surface area contributed by atoms with Gasteiger partial charge < -0.3 is 5.32 Å². The van der Waals surface area contributed by atoms with E-state index in [9.17, 15) is 4.39 Å². The summed E-state index contributed by atoms with van der Waals surface area (Å²) in [5, 5.41) is 3.32. The van der Waals surface area contributed by atoms with Gasteiger partial charge >= 0.3 is 0 Å². The molecule has 0 radical (unpaired) electrons. The van der Waals surface area contributed by atoms with Gasteiger partial charge in [0.25, 0.3) is 0 Å². The van der Waals surface area contributed by atoms with Gasteiger partial charge in [-0.2, -0.15) is 0 Å². The van der Waals surface area contributed by atoms with Gasteiger partial charge in [-0.25, -0.2) is 4.39 Å². The molecular weight excluding hydrogens is 177 g/mol. The van der Waals surface area contributed by atoms with E-state index in [2.05, 4.69) is 26.1 Å². The Bertz CT molecular complexity index is 357. The van der Waals surface area contributed by atoms with E-state index < -0.39 is 0 Å². The van der Waals surface area contributed by atoms with Crippen LogP contribution in [0.2, 0.25) is 0 Å². The van der Waals surface area contributed by atoms with Crippen LogP contribution in [0.5, 0.6) is 0 Å². The molecule has 0 saturated carbocycles. The molecule has 1 N–H and O–H groups in total. The van der Waals surface area contributed by atoms with E-state index in [-0.39, 0.29) is 11.2 Å². The summed E-state index contributed by atoms with van der Waals surface area (Å²) in [5.74, 6) is -0.0908. The van der Waals surface area contributed by atoms with Crippen LogP contribution in [0.4, 0.5) is 10.1 Å². The molecule has 0 fully saturated rings. The number of nitrogens with one attached hydrogen (secondary N) is 1. The third-order valence-corrected chi connectivity index (χ3v) is 2.91. The topological polar surface area (TPSA) is 12.0 Å². The molecule has 1 aliphatic rings. The van der Waals surface area contributed by atoms with Crippen molar-refractivity contribution in [3.05, 3.63) is 29.6 Å². The first-order valence-corrected chi connectivity index (χ1v) is 5.06. The Kier molecular flexibility index (Phi) is 2.02. The number of anilines is 1. The molecule has 1 aromatic carbocycles. The predicted molar refractivity (Wildman–Crippen MR) is 57.1 cm³/mol. The average molecular weight is 193 g/mol. The number of benzene rings is 1. The van der Waals surface area contributed by atoms with Gasteiger partial charge in [-0.1, -0.05) is 19.9 Å². The van der Waals surface area contributed by atoms with Crippen molar-refractivity contribution < 1.29 is 4.39 Å². The van der Waals surface area contributed by atoms with E-state index >= 15 is 0 Å². The Morgan fingerprint density at radius 2 is 2.14 bits per heavy atom. The van der Waals surface area contributed by atoms with Crippen LogP contribution in [0.25, 0.3) is 0 Å². The summed E-state index contributed by atoms with van der Waals surface area (Å²) in [7, 11) is 0. The summed E-state index contributed by atoms with van der Waals surface area (Å²) in [6.07, 6.45) is 0.973. The molecule has 0 aromatic heterocycles. The normalized spacial score (nSPS) is 23.9. The summed E-state index contributed by atoms with van der Waals surface area (Å²) < 4.78 is 13.7. The molecule has 76 valence electrons. The van der Waals surface area contributed by atoms with Crippen molar-refractivity contribution in [3.8, 4) is 0 Å². The summed E-state index contributed by atoms with van der Waals surface area (Å²) in [5.41, 5.74) is 1.72. The number of hydrogen-bond donors (Lipinski definition) is 1. The number of fused-ring (bicyclic) bond motifs is 1. The van der Waals surface area contributed by atoms with Crippen LogP contribution in [0, 0.1) is 5.82 Å². The van der Waals surface area contributed by atoms with Gasteiger partial charge in [0.05, 0.1) is 0 Å². The van der Waals surface area contributed by atoms with Crippen molar-refractivity contribution in [1.29, 1.82) is 0 Å². The van der Waals surface area contributed by atoms with Crippen molar-refractivity contribution in [2.75, 3.05) is 5.32 Å². The summed E-state index contributed by atoms with van der Waals surface area (Å²) in [6.45, 7) is 6.34. The highest BCUT2D eigenvalue weighted by molar-refractivity contribution is 5.57. The average Bonchev–Trinajstić information content (AvgIpc) is 2.00. The van der Waals surface area contributed by atoms with Crippen LogP contribution in [0.15, 0.2) is 18.2 Å². The lowest BCUT2D eigenvalue weighted by Gasteiger charge is -2.37. The lowest BCUT2D eigenvalue weighted by atomic mass is 9.75. The highest BCUT2D eigenvalue weighted by Crippen LogP contribution is 2.40. The van der Waals surface area contributed by atoms with Crippen LogP contribution in [0.1, 0.15) is 32.8 Å². The Balaban J connectivity index is 2.58. The standard InChI is InChI=1S/C12H16FN/c1-8-7-12(2,3)11-9(13)5-4-6-10(11)14-8/h4-6,8,14H,7H2,1-3H3. The zero-order valence-electron chi connectivity index (χ0n) is 8.89. The van der Waals surface area contributed by atoms with E-state index in [1.54, 1.807) is 6.07 Å². The van der Waals surface area contributed by atoms with Gasteiger partial charge in [-0.3, -0.25) is 0 Å². The first kappa shape index (κ1) is 9.50. The van der Waals surface area contributed by atoms with E-state index in [4.69, 9.17) is 0 Å². The molecule has 1 heterocycles. The summed E-state index contributed by atoms with van der Waals surface area (Å²) in [4.78, 5) is 0. The SMILES string of the molecule is CC1CC(C)(C)c2c(F)cccc2N1. The molecule has 0 aliphatic carbocycles. The van der Waals surface area contributed by atoms with Crippen molar-refractivity contribution in [2.45, 2.75) is 38.6 Å². The highest BCUT2D eigenvalue weighted by Gasteiger charge is 2.33. The smallest absolute Gasteiger partial charge is 0.129 e. The Morgan fingerprint density at radius 3 is 2.86 bits per heavy atom. The highest BCUT2D eigenvalue weighted by atomic mass is 19.1. The van der Waals surface area contributed by atoms with Gasteiger partial charge in [0.2, 0.25) is 0 Å². The quantitative estimate of drug-likeness (QED) is 0.666. The lowest BCUT2D eigenvalue weighted by molar-refractivity contribution is 0.412. The maximum absolute atomic E-state index is 13.7. The van der Waals surface area contributed by atoms with Crippen molar-refractivity contribution >= 4 is 5.69 Å². The second kappa shape index (κ2) is 2.97. The van der Waals surface area contributed by atoms with Crippen molar-refractivity contribution in [1.82, 2.24) is 0 Å². The molecule has 0 saturated heterocycles. The third kappa shape index (κ3) is 1.39.